The molecule has 2 N–H and O–H groups in total. The Balaban J connectivity index is 2.43. The van der Waals surface area contributed by atoms with Crippen molar-refractivity contribution in [2.24, 2.45) is 0 Å². The predicted molar refractivity (Wildman–Crippen MR) is 81.3 cm³/mol. The first-order valence-corrected chi connectivity index (χ1v) is 6.60. The maximum Gasteiger partial charge on any atom is 0.272 e. The summed E-state index contributed by atoms with van der Waals surface area (Å²) >= 11 is 11.8. The number of hydrogen-bond donors (Lipinski definition) is 1. The Morgan fingerprint density at radius 3 is 2.48 bits per heavy atom. The highest BCUT2D eigenvalue weighted by Crippen LogP contribution is 2.35. The second-order valence-corrected chi connectivity index (χ2v) is 5.22. The number of rotatable bonds is 3. The van der Waals surface area contributed by atoms with Gasteiger partial charge in [-0.2, -0.15) is 4.98 Å². The standard InChI is InChI=1S/C13H11Cl2N3O3/c1-6-4-11(7(2)3-10(6)18(19)20)21-13-9(15)5-8(14)12(16)17-13/h3-5H,1-2H3,(H2,16,17). The van der Waals surface area contributed by atoms with Gasteiger partial charge in [-0.15, -0.1) is 0 Å². The number of nitro groups is 1. The quantitative estimate of drug-likeness (QED) is 0.670. The predicted octanol–water partition coefficient (Wildman–Crippen LogP) is 4.29. The highest BCUT2D eigenvalue weighted by atomic mass is 35.5. The fourth-order valence-electron chi connectivity index (χ4n) is 1.72. The lowest BCUT2D eigenvalue weighted by Gasteiger charge is -2.11. The summed E-state index contributed by atoms with van der Waals surface area (Å²) in [6.45, 7) is 3.31. The maximum absolute atomic E-state index is 10.9. The van der Waals surface area contributed by atoms with Crippen LogP contribution in [0, 0.1) is 24.0 Å². The van der Waals surface area contributed by atoms with E-state index in [4.69, 9.17) is 33.7 Å². The highest BCUT2D eigenvalue weighted by molar-refractivity contribution is 6.36. The molecular formula is C13H11Cl2N3O3. The van der Waals surface area contributed by atoms with Crippen molar-refractivity contribution in [2.45, 2.75) is 13.8 Å². The van der Waals surface area contributed by atoms with Gasteiger partial charge in [0.1, 0.15) is 16.6 Å². The average Bonchev–Trinajstić information content (AvgIpc) is 2.39. The molecule has 0 saturated heterocycles. The summed E-state index contributed by atoms with van der Waals surface area (Å²) in [4.78, 5) is 14.4. The van der Waals surface area contributed by atoms with Crippen molar-refractivity contribution in [1.82, 2.24) is 4.98 Å². The maximum atomic E-state index is 10.9. The largest absolute Gasteiger partial charge is 0.437 e. The van der Waals surface area contributed by atoms with Crippen molar-refractivity contribution in [3.63, 3.8) is 0 Å². The molecule has 0 aliphatic heterocycles. The van der Waals surface area contributed by atoms with Crippen molar-refractivity contribution >= 4 is 34.7 Å². The summed E-state index contributed by atoms with van der Waals surface area (Å²) in [6, 6.07) is 4.41. The number of aryl methyl sites for hydroxylation is 2. The van der Waals surface area contributed by atoms with Crippen LogP contribution < -0.4 is 10.5 Å². The fourth-order valence-corrected chi connectivity index (χ4v) is 2.12. The summed E-state index contributed by atoms with van der Waals surface area (Å²) in [7, 11) is 0. The highest BCUT2D eigenvalue weighted by Gasteiger charge is 2.16. The van der Waals surface area contributed by atoms with Crippen LogP contribution in [0.3, 0.4) is 0 Å². The molecule has 1 aromatic heterocycles. The summed E-state index contributed by atoms with van der Waals surface area (Å²) in [6.07, 6.45) is 0. The number of halogens is 2. The lowest BCUT2D eigenvalue weighted by molar-refractivity contribution is -0.385. The molecule has 8 heteroatoms. The van der Waals surface area contributed by atoms with Gasteiger partial charge in [-0.25, -0.2) is 0 Å². The Labute approximate surface area is 130 Å². The summed E-state index contributed by atoms with van der Waals surface area (Å²) in [5.74, 6) is 0.594. The van der Waals surface area contributed by atoms with Gasteiger partial charge in [-0.3, -0.25) is 10.1 Å². The smallest absolute Gasteiger partial charge is 0.272 e. The van der Waals surface area contributed by atoms with E-state index in [1.54, 1.807) is 19.9 Å². The number of nitrogen functional groups attached to an aromatic ring is 1. The molecule has 2 aromatic rings. The van der Waals surface area contributed by atoms with E-state index in [2.05, 4.69) is 4.98 Å². The second kappa shape index (κ2) is 5.75. The average molecular weight is 328 g/mol. The molecule has 0 aliphatic carbocycles. The van der Waals surface area contributed by atoms with E-state index in [0.29, 0.717) is 16.9 Å². The van der Waals surface area contributed by atoms with Gasteiger partial charge in [0.05, 0.1) is 9.95 Å². The molecule has 0 aliphatic rings. The Bertz CT molecular complexity index is 735. The van der Waals surface area contributed by atoms with Crippen LogP contribution >= 0.6 is 23.2 Å². The fraction of sp³-hybridized carbons (Fsp3) is 0.154. The van der Waals surface area contributed by atoms with E-state index in [-0.39, 0.29) is 27.4 Å². The van der Waals surface area contributed by atoms with Crippen LogP contribution in [-0.4, -0.2) is 9.91 Å². The molecule has 1 heterocycles. The van der Waals surface area contributed by atoms with E-state index in [1.165, 1.54) is 12.1 Å². The molecule has 0 unspecified atom stereocenters. The monoisotopic (exact) mass is 327 g/mol. The van der Waals surface area contributed by atoms with E-state index in [0.717, 1.165) is 0 Å². The van der Waals surface area contributed by atoms with Crippen LogP contribution in [0.25, 0.3) is 0 Å². The second-order valence-electron chi connectivity index (χ2n) is 4.41. The minimum Gasteiger partial charge on any atom is -0.437 e. The first-order valence-electron chi connectivity index (χ1n) is 5.84. The Morgan fingerprint density at radius 2 is 1.86 bits per heavy atom. The van der Waals surface area contributed by atoms with Crippen molar-refractivity contribution in [2.75, 3.05) is 5.73 Å². The number of nitrogens with two attached hydrogens (primary N) is 1. The number of hydrogen-bond acceptors (Lipinski definition) is 5. The zero-order chi connectivity index (χ0) is 15.7. The van der Waals surface area contributed by atoms with Gasteiger partial charge in [-0.1, -0.05) is 23.2 Å². The first kappa shape index (κ1) is 15.3. The number of anilines is 1. The minimum absolute atomic E-state index is 0.0227. The SMILES string of the molecule is Cc1cc([N+](=O)[O-])c(C)cc1Oc1nc(N)c(Cl)cc1Cl. The molecule has 0 fully saturated rings. The summed E-state index contributed by atoms with van der Waals surface area (Å²) in [5, 5.41) is 11.3. The molecule has 0 amide bonds. The molecule has 0 spiro atoms. The normalized spacial score (nSPS) is 10.5. The van der Waals surface area contributed by atoms with Gasteiger partial charge in [0.25, 0.3) is 5.69 Å². The molecule has 2 rings (SSSR count). The van der Waals surface area contributed by atoms with Gasteiger partial charge in [0.15, 0.2) is 0 Å². The number of nitrogens with zero attached hydrogens (tertiary/aromatic N) is 2. The lowest BCUT2D eigenvalue weighted by Crippen LogP contribution is -1.98. The number of benzene rings is 1. The van der Waals surface area contributed by atoms with E-state index in [9.17, 15) is 10.1 Å². The third-order valence-electron chi connectivity index (χ3n) is 2.82. The first-order chi connectivity index (χ1) is 9.79. The van der Waals surface area contributed by atoms with Crippen LogP contribution in [0.4, 0.5) is 11.5 Å². The van der Waals surface area contributed by atoms with E-state index >= 15 is 0 Å². The van der Waals surface area contributed by atoms with Crippen LogP contribution in [0.5, 0.6) is 11.6 Å². The van der Waals surface area contributed by atoms with Gasteiger partial charge in [0, 0.05) is 11.6 Å². The van der Waals surface area contributed by atoms with Gasteiger partial charge < -0.3 is 10.5 Å². The van der Waals surface area contributed by atoms with Crippen LogP contribution in [-0.2, 0) is 0 Å². The molecule has 1 aromatic carbocycles. The van der Waals surface area contributed by atoms with Gasteiger partial charge in [0.2, 0.25) is 5.88 Å². The van der Waals surface area contributed by atoms with E-state index < -0.39 is 4.92 Å². The van der Waals surface area contributed by atoms with E-state index in [1.807, 2.05) is 0 Å². The lowest BCUT2D eigenvalue weighted by atomic mass is 10.1. The van der Waals surface area contributed by atoms with Crippen LogP contribution in [0.1, 0.15) is 11.1 Å². The van der Waals surface area contributed by atoms with Crippen molar-refractivity contribution in [3.05, 3.63) is 49.5 Å². The third kappa shape index (κ3) is 3.17. The molecule has 0 atom stereocenters. The van der Waals surface area contributed by atoms with Crippen molar-refractivity contribution in [1.29, 1.82) is 0 Å². The number of nitro benzene ring substituents is 1. The van der Waals surface area contributed by atoms with Crippen LogP contribution in [0.15, 0.2) is 18.2 Å². The molecule has 21 heavy (non-hydrogen) atoms. The molecular weight excluding hydrogens is 317 g/mol. The minimum atomic E-state index is -0.447. The number of aromatic nitrogens is 1. The summed E-state index contributed by atoms with van der Waals surface area (Å²) < 4.78 is 5.59. The van der Waals surface area contributed by atoms with Crippen molar-refractivity contribution in [3.8, 4) is 11.6 Å². The Morgan fingerprint density at radius 1 is 1.19 bits per heavy atom. The van der Waals surface area contributed by atoms with Gasteiger partial charge >= 0.3 is 0 Å². The van der Waals surface area contributed by atoms with Crippen molar-refractivity contribution < 1.29 is 9.66 Å². The topological polar surface area (TPSA) is 91.3 Å². The van der Waals surface area contributed by atoms with Gasteiger partial charge in [-0.05, 0) is 31.5 Å². The zero-order valence-corrected chi connectivity index (χ0v) is 12.7. The third-order valence-corrected chi connectivity index (χ3v) is 3.39. The van der Waals surface area contributed by atoms with Crippen LogP contribution in [0.2, 0.25) is 10.0 Å². The molecule has 0 radical (unpaired) electrons. The summed E-state index contributed by atoms with van der Waals surface area (Å²) in [5.41, 5.74) is 6.68. The zero-order valence-electron chi connectivity index (χ0n) is 11.2. The number of pyridine rings is 1. The molecule has 0 saturated carbocycles. The number of ether oxygens (including phenoxy) is 1. The Hall–Kier alpha value is -2.05. The molecule has 0 bridgehead atoms. The molecule has 110 valence electrons. The Kier molecular flexibility index (Phi) is 4.20. The molecule has 6 nitrogen and oxygen atoms in total.